The first-order valence-corrected chi connectivity index (χ1v) is 13.1. The number of amides is 1. The molecular weight excluding hydrogens is 498 g/mol. The smallest absolute Gasteiger partial charge is 0.254 e. The molecule has 4 rings (SSSR count). The van der Waals surface area contributed by atoms with Crippen LogP contribution in [0.3, 0.4) is 0 Å². The topological polar surface area (TPSA) is 82.0 Å². The molecule has 2 aromatic carbocycles. The number of hydrogen-bond acceptors (Lipinski definition) is 6. The van der Waals surface area contributed by atoms with Gasteiger partial charge in [0.1, 0.15) is 0 Å². The second-order valence-electron chi connectivity index (χ2n) is 7.95. The van der Waals surface area contributed by atoms with Crippen molar-refractivity contribution >= 4 is 52.1 Å². The Kier molecular flexibility index (Phi) is 7.76. The van der Waals surface area contributed by atoms with Crippen LogP contribution in [0.2, 0.25) is 5.02 Å². The summed E-state index contributed by atoms with van der Waals surface area (Å²) in [6, 6.07) is 20.4. The number of hydrogen-bond donors (Lipinski definition) is 2. The summed E-state index contributed by atoms with van der Waals surface area (Å²) < 4.78 is 0. The molecule has 0 bridgehead atoms. The lowest BCUT2D eigenvalue weighted by molar-refractivity contribution is -0.113. The van der Waals surface area contributed by atoms with Crippen molar-refractivity contribution in [3.63, 3.8) is 0 Å². The molecule has 1 unspecified atom stereocenters. The van der Waals surface area contributed by atoms with E-state index in [1.54, 1.807) is 24.3 Å². The normalized spacial score (nSPS) is 15.4. The number of nitriles is 1. The fraction of sp³-hybridized carbons (Fsp3) is 0.148. The van der Waals surface area contributed by atoms with Crippen molar-refractivity contribution in [2.75, 3.05) is 11.1 Å². The average molecular weight is 520 g/mol. The van der Waals surface area contributed by atoms with Gasteiger partial charge < -0.3 is 10.6 Å². The number of thioether (sulfide) groups is 1. The van der Waals surface area contributed by atoms with Gasteiger partial charge in [-0.15, -0.1) is 11.3 Å². The lowest BCUT2D eigenvalue weighted by atomic mass is 9.86. The standard InChI is InChI=1S/C27H22ClN3O2S2/c1-16-6-3-4-7-21(16)31-26(33)24-17(2)30-27(20(14-29)25(24)23-8-5-13-34-23)35-15-22(32)18-9-11-19(28)12-10-18/h3-13,25,30H,15H2,1-2H3,(H,31,33). The maximum absolute atomic E-state index is 13.5. The molecule has 1 aromatic heterocycles. The van der Waals surface area contributed by atoms with Crippen molar-refractivity contribution in [3.8, 4) is 6.07 Å². The minimum absolute atomic E-state index is 0.0735. The van der Waals surface area contributed by atoms with Crippen LogP contribution in [-0.2, 0) is 4.79 Å². The number of aryl methyl sites for hydroxylation is 1. The van der Waals surface area contributed by atoms with Crippen LogP contribution in [0, 0.1) is 18.3 Å². The summed E-state index contributed by atoms with van der Waals surface area (Å²) in [7, 11) is 0. The summed E-state index contributed by atoms with van der Waals surface area (Å²) in [5.74, 6) is -0.726. The number of halogens is 1. The molecule has 8 heteroatoms. The van der Waals surface area contributed by atoms with Gasteiger partial charge in [0.2, 0.25) is 0 Å². The Morgan fingerprint density at radius 1 is 1.11 bits per heavy atom. The Bertz CT molecular complexity index is 1370. The molecule has 1 atom stereocenters. The number of carbonyl (C=O) groups excluding carboxylic acids is 2. The lowest BCUT2D eigenvalue weighted by Gasteiger charge is -2.29. The van der Waals surface area contributed by atoms with E-state index < -0.39 is 5.92 Å². The Hall–Kier alpha value is -3.31. The zero-order valence-corrected chi connectivity index (χ0v) is 21.5. The van der Waals surface area contributed by atoms with E-state index in [4.69, 9.17) is 11.6 Å². The Morgan fingerprint density at radius 3 is 2.51 bits per heavy atom. The van der Waals surface area contributed by atoms with Gasteiger partial charge in [-0.25, -0.2) is 0 Å². The van der Waals surface area contributed by atoms with Crippen LogP contribution in [0.1, 0.15) is 33.6 Å². The number of dihydropyridines is 1. The molecular formula is C27H22ClN3O2S2. The molecule has 5 nitrogen and oxygen atoms in total. The number of thiophene rings is 1. The van der Waals surface area contributed by atoms with E-state index in [9.17, 15) is 14.9 Å². The summed E-state index contributed by atoms with van der Waals surface area (Å²) in [5, 5.41) is 19.5. The molecule has 0 aliphatic carbocycles. The number of carbonyl (C=O) groups is 2. The summed E-state index contributed by atoms with van der Waals surface area (Å²) in [4.78, 5) is 27.1. The molecule has 0 spiro atoms. The molecule has 0 radical (unpaired) electrons. The minimum atomic E-state index is -0.529. The van der Waals surface area contributed by atoms with Gasteiger partial charge in [0.05, 0.1) is 28.3 Å². The largest absolute Gasteiger partial charge is 0.353 e. The van der Waals surface area contributed by atoms with Crippen LogP contribution in [0.5, 0.6) is 0 Å². The van der Waals surface area contributed by atoms with E-state index >= 15 is 0 Å². The van der Waals surface area contributed by atoms with Gasteiger partial charge in [0.25, 0.3) is 5.91 Å². The number of para-hydroxylation sites is 1. The van der Waals surface area contributed by atoms with Crippen molar-refractivity contribution in [2.24, 2.45) is 0 Å². The fourth-order valence-electron chi connectivity index (χ4n) is 3.83. The third-order valence-corrected chi connectivity index (χ3v) is 7.83. The average Bonchev–Trinajstić information content (AvgIpc) is 3.38. The number of nitrogens with one attached hydrogen (secondary N) is 2. The molecule has 176 valence electrons. The summed E-state index contributed by atoms with van der Waals surface area (Å²) in [6.07, 6.45) is 0. The minimum Gasteiger partial charge on any atom is -0.353 e. The van der Waals surface area contributed by atoms with E-state index in [0.29, 0.717) is 32.5 Å². The van der Waals surface area contributed by atoms with Crippen LogP contribution in [0.25, 0.3) is 0 Å². The van der Waals surface area contributed by atoms with E-state index in [1.807, 2.05) is 55.6 Å². The number of nitrogens with zero attached hydrogens (tertiary/aromatic N) is 1. The van der Waals surface area contributed by atoms with Gasteiger partial charge in [-0.3, -0.25) is 9.59 Å². The molecule has 35 heavy (non-hydrogen) atoms. The monoisotopic (exact) mass is 519 g/mol. The summed E-state index contributed by atoms with van der Waals surface area (Å²) in [6.45, 7) is 3.75. The van der Waals surface area contributed by atoms with Crippen LogP contribution in [0.15, 0.2) is 87.9 Å². The van der Waals surface area contributed by atoms with E-state index in [2.05, 4.69) is 16.7 Å². The molecule has 3 aromatic rings. The number of ketones is 1. The zero-order valence-electron chi connectivity index (χ0n) is 19.1. The Balaban J connectivity index is 1.64. The lowest BCUT2D eigenvalue weighted by Crippen LogP contribution is -2.30. The third kappa shape index (κ3) is 5.51. The maximum Gasteiger partial charge on any atom is 0.254 e. The van der Waals surface area contributed by atoms with E-state index in [0.717, 1.165) is 16.1 Å². The highest BCUT2D eigenvalue weighted by molar-refractivity contribution is 8.03. The number of allylic oxidation sites excluding steroid dienone is 2. The molecule has 1 amide bonds. The number of Topliss-reactive ketones (excluding diaryl/α,β-unsaturated/α-hetero) is 1. The maximum atomic E-state index is 13.5. The van der Waals surface area contributed by atoms with Crippen molar-refractivity contribution in [1.82, 2.24) is 5.32 Å². The highest BCUT2D eigenvalue weighted by atomic mass is 35.5. The van der Waals surface area contributed by atoms with Crippen molar-refractivity contribution < 1.29 is 9.59 Å². The van der Waals surface area contributed by atoms with Gasteiger partial charge in [-0.2, -0.15) is 5.26 Å². The van der Waals surface area contributed by atoms with Gasteiger partial charge in [-0.1, -0.05) is 47.6 Å². The Morgan fingerprint density at radius 2 is 1.86 bits per heavy atom. The van der Waals surface area contributed by atoms with Gasteiger partial charge in [0.15, 0.2) is 5.78 Å². The first kappa shape index (κ1) is 24.8. The number of rotatable bonds is 7. The van der Waals surface area contributed by atoms with Crippen LogP contribution >= 0.6 is 34.7 Å². The first-order valence-electron chi connectivity index (χ1n) is 10.8. The number of benzene rings is 2. The van der Waals surface area contributed by atoms with Gasteiger partial charge in [0, 0.05) is 32.4 Å². The van der Waals surface area contributed by atoms with Crippen molar-refractivity contribution in [1.29, 1.82) is 5.26 Å². The predicted octanol–water partition coefficient (Wildman–Crippen LogP) is 6.66. The molecule has 0 fully saturated rings. The SMILES string of the molecule is CC1=C(C(=O)Nc2ccccc2C)C(c2cccs2)C(C#N)=C(SCC(=O)c2ccc(Cl)cc2)N1. The van der Waals surface area contributed by atoms with E-state index in [1.165, 1.54) is 23.1 Å². The summed E-state index contributed by atoms with van der Waals surface area (Å²) >= 11 is 8.68. The van der Waals surface area contributed by atoms with Crippen LogP contribution in [0.4, 0.5) is 5.69 Å². The fourth-order valence-corrected chi connectivity index (χ4v) is 5.78. The molecule has 0 saturated carbocycles. The van der Waals surface area contributed by atoms with Crippen molar-refractivity contribution in [2.45, 2.75) is 19.8 Å². The predicted molar refractivity (Wildman–Crippen MR) is 144 cm³/mol. The first-order chi connectivity index (χ1) is 16.9. The second kappa shape index (κ2) is 11.0. The second-order valence-corrected chi connectivity index (χ2v) is 10.4. The van der Waals surface area contributed by atoms with Gasteiger partial charge in [-0.05, 0) is 61.2 Å². The molecule has 2 N–H and O–H groups in total. The quantitative estimate of drug-likeness (QED) is 0.341. The highest BCUT2D eigenvalue weighted by Crippen LogP contribution is 2.42. The van der Waals surface area contributed by atoms with Gasteiger partial charge >= 0.3 is 0 Å². The zero-order chi connectivity index (χ0) is 24.9. The van der Waals surface area contributed by atoms with Crippen LogP contribution in [-0.4, -0.2) is 17.4 Å². The Labute approximate surface area is 217 Å². The molecule has 1 aliphatic rings. The molecule has 0 saturated heterocycles. The van der Waals surface area contributed by atoms with Crippen LogP contribution < -0.4 is 10.6 Å². The third-order valence-electron chi connectivity index (χ3n) is 5.63. The highest BCUT2D eigenvalue weighted by Gasteiger charge is 2.35. The van der Waals surface area contributed by atoms with Crippen molar-refractivity contribution in [3.05, 3.63) is 109 Å². The van der Waals surface area contributed by atoms with E-state index in [-0.39, 0.29) is 17.4 Å². The number of anilines is 1. The molecule has 2 heterocycles. The molecule has 1 aliphatic heterocycles. The summed E-state index contributed by atoms with van der Waals surface area (Å²) in [5.41, 5.74) is 3.78.